The Hall–Kier alpha value is -1.32. The molecular formula is C16H21N3. The molecule has 1 aliphatic heterocycles. The molecule has 0 radical (unpaired) electrons. The fourth-order valence-corrected chi connectivity index (χ4v) is 4.29. The number of hydrogen-bond acceptors (Lipinski definition) is 2. The quantitative estimate of drug-likeness (QED) is 0.816. The number of H-pyrrole nitrogens is 1. The van der Waals surface area contributed by atoms with Crippen molar-refractivity contribution in [3.05, 3.63) is 35.5 Å². The van der Waals surface area contributed by atoms with Gasteiger partial charge < -0.3 is 15.6 Å². The number of likely N-dealkylation sites (tertiary alicyclic amines) is 1. The Labute approximate surface area is 113 Å². The van der Waals surface area contributed by atoms with E-state index in [4.69, 9.17) is 5.73 Å². The highest BCUT2D eigenvalue weighted by atomic mass is 15.2. The molecule has 1 aliphatic carbocycles. The van der Waals surface area contributed by atoms with Crippen molar-refractivity contribution in [1.29, 1.82) is 0 Å². The van der Waals surface area contributed by atoms with Gasteiger partial charge in [-0.15, -0.1) is 0 Å². The highest BCUT2D eigenvalue weighted by Crippen LogP contribution is 2.39. The van der Waals surface area contributed by atoms with E-state index in [0.29, 0.717) is 17.9 Å². The summed E-state index contributed by atoms with van der Waals surface area (Å²) in [5.41, 5.74) is 10.3. The molecule has 0 unspecified atom stereocenters. The summed E-state index contributed by atoms with van der Waals surface area (Å²) in [6.45, 7) is 1.97. The van der Waals surface area contributed by atoms with Gasteiger partial charge in [-0.05, 0) is 55.5 Å². The van der Waals surface area contributed by atoms with Crippen molar-refractivity contribution < 1.29 is 0 Å². The van der Waals surface area contributed by atoms with Gasteiger partial charge in [0.05, 0.1) is 0 Å². The number of fused-ring (bicyclic) bond motifs is 1. The molecule has 0 amide bonds. The van der Waals surface area contributed by atoms with Crippen molar-refractivity contribution in [1.82, 2.24) is 9.88 Å². The molecule has 3 atom stereocenters. The van der Waals surface area contributed by atoms with Gasteiger partial charge in [0.1, 0.15) is 0 Å². The molecule has 0 saturated carbocycles. The first kappa shape index (κ1) is 11.5. The zero-order chi connectivity index (χ0) is 13.0. The van der Waals surface area contributed by atoms with E-state index in [1.165, 1.54) is 28.5 Å². The summed E-state index contributed by atoms with van der Waals surface area (Å²) < 4.78 is 0. The van der Waals surface area contributed by atoms with Crippen LogP contribution in [0.15, 0.2) is 24.4 Å². The Morgan fingerprint density at radius 1 is 1.32 bits per heavy atom. The second kappa shape index (κ2) is 4.09. The zero-order valence-corrected chi connectivity index (χ0v) is 11.4. The fourth-order valence-electron chi connectivity index (χ4n) is 4.29. The molecule has 19 heavy (non-hydrogen) atoms. The molecule has 2 aromatic rings. The van der Waals surface area contributed by atoms with Gasteiger partial charge in [0.25, 0.3) is 0 Å². The standard InChI is InChI=1S/C16H21N3/c1-19-9-12(7-17)13-5-10-3-2-4-14-16(10)11(8-18-14)6-15(13)19/h2-4,8,12-13,15,18H,5-7,9,17H2,1H3/t12-,13+,15-/m1/s1. The van der Waals surface area contributed by atoms with Crippen LogP contribution in [-0.4, -0.2) is 36.1 Å². The van der Waals surface area contributed by atoms with E-state index in [0.717, 1.165) is 19.5 Å². The van der Waals surface area contributed by atoms with Crippen LogP contribution in [0.1, 0.15) is 11.1 Å². The van der Waals surface area contributed by atoms with Crippen LogP contribution in [0.25, 0.3) is 10.9 Å². The topological polar surface area (TPSA) is 45.0 Å². The normalized spacial score (nSPS) is 30.5. The SMILES string of the molecule is CN1C[C@@H](CN)[C@@H]2Cc3cccc4[nH]cc(c34)C[C@H]21. The highest BCUT2D eigenvalue weighted by molar-refractivity contribution is 5.87. The molecule has 1 saturated heterocycles. The van der Waals surface area contributed by atoms with Crippen LogP contribution in [0.3, 0.4) is 0 Å². The van der Waals surface area contributed by atoms with Crippen LogP contribution < -0.4 is 5.73 Å². The predicted molar refractivity (Wildman–Crippen MR) is 78.2 cm³/mol. The molecule has 3 N–H and O–H groups in total. The first-order valence-corrected chi connectivity index (χ1v) is 7.26. The van der Waals surface area contributed by atoms with Crippen LogP contribution in [0.2, 0.25) is 0 Å². The van der Waals surface area contributed by atoms with E-state index in [9.17, 15) is 0 Å². The average Bonchev–Trinajstić information content (AvgIpc) is 2.89. The van der Waals surface area contributed by atoms with Crippen LogP contribution >= 0.6 is 0 Å². The maximum atomic E-state index is 6.00. The fraction of sp³-hybridized carbons (Fsp3) is 0.500. The van der Waals surface area contributed by atoms with Gasteiger partial charge in [-0.3, -0.25) is 0 Å². The maximum Gasteiger partial charge on any atom is 0.0459 e. The molecule has 3 heteroatoms. The number of nitrogens with two attached hydrogens (primary N) is 1. The summed E-state index contributed by atoms with van der Waals surface area (Å²) in [6, 6.07) is 7.32. The third-order valence-electron chi connectivity index (χ3n) is 5.25. The molecule has 2 heterocycles. The third kappa shape index (κ3) is 1.58. The summed E-state index contributed by atoms with van der Waals surface area (Å²) in [5, 5.41) is 1.47. The summed E-state index contributed by atoms with van der Waals surface area (Å²) in [4.78, 5) is 5.95. The average molecular weight is 255 g/mol. The second-order valence-corrected chi connectivity index (χ2v) is 6.23. The largest absolute Gasteiger partial charge is 0.361 e. The lowest BCUT2D eigenvalue weighted by atomic mass is 9.85. The van der Waals surface area contributed by atoms with E-state index < -0.39 is 0 Å². The Bertz CT molecular complexity index is 615. The van der Waals surface area contributed by atoms with Crippen molar-refractivity contribution >= 4 is 10.9 Å². The number of benzene rings is 1. The minimum atomic E-state index is 0.651. The number of nitrogens with zero attached hydrogens (tertiary/aromatic N) is 1. The van der Waals surface area contributed by atoms with E-state index in [1.807, 2.05) is 0 Å². The maximum absolute atomic E-state index is 6.00. The smallest absolute Gasteiger partial charge is 0.0459 e. The van der Waals surface area contributed by atoms with Crippen molar-refractivity contribution in [3.8, 4) is 0 Å². The Balaban J connectivity index is 1.85. The summed E-state index contributed by atoms with van der Waals surface area (Å²) >= 11 is 0. The molecule has 0 spiro atoms. The number of hydrogen-bond donors (Lipinski definition) is 2. The summed E-state index contributed by atoms with van der Waals surface area (Å²) in [6.07, 6.45) is 4.55. The van der Waals surface area contributed by atoms with Crippen molar-refractivity contribution in [2.75, 3.05) is 20.1 Å². The van der Waals surface area contributed by atoms with Gasteiger partial charge in [-0.2, -0.15) is 0 Å². The molecule has 0 bridgehead atoms. The van der Waals surface area contributed by atoms with Gasteiger partial charge in [0.2, 0.25) is 0 Å². The minimum Gasteiger partial charge on any atom is -0.361 e. The minimum absolute atomic E-state index is 0.651. The lowest BCUT2D eigenvalue weighted by Gasteiger charge is -2.24. The molecule has 1 aromatic heterocycles. The van der Waals surface area contributed by atoms with Crippen molar-refractivity contribution in [2.24, 2.45) is 17.6 Å². The molecule has 2 aliphatic rings. The lowest BCUT2D eigenvalue weighted by molar-refractivity contribution is 0.269. The number of likely N-dealkylation sites (N-methyl/N-ethyl adjacent to an activating group) is 1. The highest BCUT2D eigenvalue weighted by Gasteiger charge is 2.40. The number of rotatable bonds is 1. The van der Waals surface area contributed by atoms with E-state index in [2.05, 4.69) is 41.3 Å². The molecular weight excluding hydrogens is 234 g/mol. The van der Waals surface area contributed by atoms with Crippen LogP contribution in [-0.2, 0) is 12.8 Å². The molecule has 3 nitrogen and oxygen atoms in total. The van der Waals surface area contributed by atoms with Gasteiger partial charge in [-0.1, -0.05) is 12.1 Å². The predicted octanol–water partition coefficient (Wildman–Crippen LogP) is 1.77. The monoisotopic (exact) mass is 255 g/mol. The van der Waals surface area contributed by atoms with Gasteiger partial charge in [0.15, 0.2) is 0 Å². The molecule has 1 aromatic carbocycles. The Kier molecular flexibility index (Phi) is 2.47. The van der Waals surface area contributed by atoms with Gasteiger partial charge in [-0.25, -0.2) is 0 Å². The summed E-state index contributed by atoms with van der Waals surface area (Å²) in [5.74, 6) is 1.37. The molecule has 1 fully saturated rings. The lowest BCUT2D eigenvalue weighted by Crippen LogP contribution is -2.32. The van der Waals surface area contributed by atoms with Gasteiger partial charge in [0, 0.05) is 29.7 Å². The number of aromatic nitrogens is 1. The Morgan fingerprint density at radius 3 is 3.05 bits per heavy atom. The molecule has 100 valence electrons. The van der Waals surface area contributed by atoms with E-state index in [1.54, 1.807) is 0 Å². The van der Waals surface area contributed by atoms with Crippen molar-refractivity contribution in [3.63, 3.8) is 0 Å². The second-order valence-electron chi connectivity index (χ2n) is 6.23. The first-order valence-electron chi connectivity index (χ1n) is 7.26. The van der Waals surface area contributed by atoms with Crippen molar-refractivity contribution in [2.45, 2.75) is 18.9 Å². The van der Waals surface area contributed by atoms with E-state index >= 15 is 0 Å². The van der Waals surface area contributed by atoms with E-state index in [-0.39, 0.29) is 0 Å². The Morgan fingerprint density at radius 2 is 2.21 bits per heavy atom. The first-order chi connectivity index (χ1) is 9.28. The molecule has 4 rings (SSSR count). The third-order valence-corrected chi connectivity index (χ3v) is 5.25. The summed E-state index contributed by atoms with van der Waals surface area (Å²) in [7, 11) is 2.26. The number of aromatic amines is 1. The van der Waals surface area contributed by atoms with Crippen LogP contribution in [0.5, 0.6) is 0 Å². The zero-order valence-electron chi connectivity index (χ0n) is 11.4. The van der Waals surface area contributed by atoms with Gasteiger partial charge >= 0.3 is 0 Å². The number of nitrogens with one attached hydrogen (secondary N) is 1. The van der Waals surface area contributed by atoms with Crippen LogP contribution in [0, 0.1) is 11.8 Å². The van der Waals surface area contributed by atoms with Crippen LogP contribution in [0.4, 0.5) is 0 Å².